The average molecular weight is 295 g/mol. The van der Waals surface area contributed by atoms with Crippen LogP contribution in [-0.4, -0.2) is 29.5 Å². The Labute approximate surface area is 123 Å². The largest absolute Gasteiger partial charge is 0.387 e. The SMILES string of the molecule is CCCc1nnsc1C(O)Cc1ncnn1CC(C)C. The Hall–Kier alpha value is -1.34. The minimum absolute atomic E-state index is 0.452. The predicted molar refractivity (Wildman–Crippen MR) is 77.4 cm³/mol. The molecular formula is C13H21N5OS. The second-order valence-electron chi connectivity index (χ2n) is 5.31. The molecule has 2 aromatic rings. The molecule has 0 aliphatic carbocycles. The molecule has 1 N–H and O–H groups in total. The van der Waals surface area contributed by atoms with Crippen LogP contribution < -0.4 is 0 Å². The van der Waals surface area contributed by atoms with E-state index >= 15 is 0 Å². The molecule has 2 rings (SSSR count). The van der Waals surface area contributed by atoms with E-state index in [-0.39, 0.29) is 0 Å². The molecule has 7 heteroatoms. The van der Waals surface area contributed by atoms with Gasteiger partial charge in [-0.15, -0.1) is 5.10 Å². The maximum absolute atomic E-state index is 10.4. The fraction of sp³-hybridized carbons (Fsp3) is 0.692. The Balaban J connectivity index is 2.09. The highest BCUT2D eigenvalue weighted by atomic mass is 32.1. The Morgan fingerprint density at radius 1 is 1.40 bits per heavy atom. The van der Waals surface area contributed by atoms with Gasteiger partial charge in [-0.05, 0) is 23.9 Å². The van der Waals surface area contributed by atoms with Crippen molar-refractivity contribution in [2.75, 3.05) is 0 Å². The maximum atomic E-state index is 10.4. The second-order valence-corrected chi connectivity index (χ2v) is 6.09. The van der Waals surface area contributed by atoms with E-state index in [1.165, 1.54) is 11.5 Å². The summed E-state index contributed by atoms with van der Waals surface area (Å²) in [5.41, 5.74) is 0.903. The van der Waals surface area contributed by atoms with E-state index in [0.29, 0.717) is 12.3 Å². The van der Waals surface area contributed by atoms with Gasteiger partial charge in [-0.3, -0.25) is 0 Å². The van der Waals surface area contributed by atoms with Crippen LogP contribution in [0.25, 0.3) is 0 Å². The molecule has 0 saturated carbocycles. The highest BCUT2D eigenvalue weighted by Crippen LogP contribution is 2.24. The number of aromatic nitrogens is 5. The van der Waals surface area contributed by atoms with Crippen molar-refractivity contribution in [2.45, 2.75) is 52.7 Å². The summed E-state index contributed by atoms with van der Waals surface area (Å²) in [6, 6.07) is 0. The lowest BCUT2D eigenvalue weighted by Crippen LogP contribution is -2.13. The highest BCUT2D eigenvalue weighted by molar-refractivity contribution is 7.05. The van der Waals surface area contributed by atoms with Crippen LogP contribution in [0.5, 0.6) is 0 Å². The Morgan fingerprint density at radius 2 is 2.20 bits per heavy atom. The molecule has 1 unspecified atom stereocenters. The Kier molecular flexibility index (Phi) is 5.19. The zero-order valence-corrected chi connectivity index (χ0v) is 13.0. The van der Waals surface area contributed by atoms with Gasteiger partial charge in [-0.25, -0.2) is 9.67 Å². The number of hydrogen-bond acceptors (Lipinski definition) is 6. The number of aliphatic hydroxyl groups is 1. The summed E-state index contributed by atoms with van der Waals surface area (Å²) in [6.07, 6.45) is 3.23. The van der Waals surface area contributed by atoms with Gasteiger partial charge < -0.3 is 5.11 Å². The highest BCUT2D eigenvalue weighted by Gasteiger charge is 2.19. The van der Waals surface area contributed by atoms with Gasteiger partial charge in [0.1, 0.15) is 12.2 Å². The normalized spacial score (nSPS) is 13.1. The van der Waals surface area contributed by atoms with E-state index < -0.39 is 6.10 Å². The zero-order chi connectivity index (χ0) is 14.5. The van der Waals surface area contributed by atoms with E-state index in [0.717, 1.165) is 35.8 Å². The van der Waals surface area contributed by atoms with E-state index in [1.54, 1.807) is 6.33 Å². The minimum atomic E-state index is -0.605. The first-order valence-electron chi connectivity index (χ1n) is 6.97. The third kappa shape index (κ3) is 3.61. The second kappa shape index (κ2) is 6.90. The van der Waals surface area contributed by atoms with Gasteiger partial charge >= 0.3 is 0 Å². The van der Waals surface area contributed by atoms with E-state index in [1.807, 2.05) is 4.68 Å². The zero-order valence-electron chi connectivity index (χ0n) is 12.2. The number of hydrogen-bond donors (Lipinski definition) is 1. The first kappa shape index (κ1) is 15.1. The molecule has 0 amide bonds. The molecule has 0 aromatic carbocycles. The average Bonchev–Trinajstić information content (AvgIpc) is 2.99. The Morgan fingerprint density at radius 3 is 2.90 bits per heavy atom. The molecule has 0 spiro atoms. The van der Waals surface area contributed by atoms with Crippen LogP contribution in [0, 0.1) is 5.92 Å². The quantitative estimate of drug-likeness (QED) is 0.845. The van der Waals surface area contributed by atoms with Gasteiger partial charge in [-0.1, -0.05) is 31.7 Å². The summed E-state index contributed by atoms with van der Waals surface area (Å²) in [5, 5.41) is 18.7. The molecule has 0 bridgehead atoms. The molecule has 0 aliphatic rings. The van der Waals surface area contributed by atoms with Gasteiger partial charge in [0.2, 0.25) is 0 Å². The van der Waals surface area contributed by atoms with Crippen LogP contribution in [0.3, 0.4) is 0 Å². The summed E-state index contributed by atoms with van der Waals surface area (Å²) in [4.78, 5) is 5.10. The molecule has 110 valence electrons. The number of aliphatic hydroxyl groups excluding tert-OH is 1. The third-order valence-corrected chi connectivity index (χ3v) is 3.85. The van der Waals surface area contributed by atoms with Gasteiger partial charge in [0.25, 0.3) is 0 Å². The van der Waals surface area contributed by atoms with Gasteiger partial charge in [0, 0.05) is 13.0 Å². The molecule has 20 heavy (non-hydrogen) atoms. The summed E-state index contributed by atoms with van der Waals surface area (Å²) < 4.78 is 5.81. The fourth-order valence-electron chi connectivity index (χ4n) is 2.09. The van der Waals surface area contributed by atoms with Crippen molar-refractivity contribution >= 4 is 11.5 Å². The minimum Gasteiger partial charge on any atom is -0.387 e. The van der Waals surface area contributed by atoms with Gasteiger partial charge in [0.15, 0.2) is 0 Å². The number of nitrogens with zero attached hydrogens (tertiary/aromatic N) is 5. The Bertz CT molecular complexity index is 536. The molecule has 0 radical (unpaired) electrons. The van der Waals surface area contributed by atoms with Gasteiger partial charge in [-0.2, -0.15) is 5.10 Å². The van der Waals surface area contributed by atoms with Crippen molar-refractivity contribution in [3.63, 3.8) is 0 Å². The topological polar surface area (TPSA) is 76.7 Å². The van der Waals surface area contributed by atoms with Gasteiger partial charge in [0.05, 0.1) is 16.7 Å². The standard InChI is InChI=1S/C13H21N5OS/c1-4-5-10-13(20-17-16-10)11(19)6-12-14-8-15-18(12)7-9(2)3/h8-9,11,19H,4-7H2,1-3H3. The lowest BCUT2D eigenvalue weighted by Gasteiger charge is -2.12. The fourth-order valence-corrected chi connectivity index (χ4v) is 2.77. The predicted octanol–water partition coefficient (Wildman–Crippen LogP) is 2.01. The van der Waals surface area contributed by atoms with Crippen LogP contribution in [0.15, 0.2) is 6.33 Å². The molecule has 1 atom stereocenters. The summed E-state index contributed by atoms with van der Waals surface area (Å²) in [5.74, 6) is 1.30. The van der Waals surface area contributed by atoms with Crippen LogP contribution >= 0.6 is 11.5 Å². The molecule has 2 aromatic heterocycles. The van der Waals surface area contributed by atoms with E-state index in [2.05, 4.69) is 40.4 Å². The molecule has 2 heterocycles. The summed E-state index contributed by atoms with van der Waals surface area (Å²) in [7, 11) is 0. The molecular weight excluding hydrogens is 274 g/mol. The van der Waals surface area contributed by atoms with E-state index in [9.17, 15) is 5.11 Å². The lowest BCUT2D eigenvalue weighted by atomic mass is 10.1. The number of aryl methyl sites for hydroxylation is 1. The van der Waals surface area contributed by atoms with Crippen LogP contribution in [0.1, 0.15) is 49.7 Å². The van der Waals surface area contributed by atoms with Crippen molar-refractivity contribution in [3.05, 3.63) is 22.7 Å². The molecule has 0 aliphatic heterocycles. The maximum Gasteiger partial charge on any atom is 0.138 e. The van der Waals surface area contributed by atoms with E-state index in [4.69, 9.17) is 0 Å². The first-order chi connectivity index (χ1) is 9.61. The van der Waals surface area contributed by atoms with Crippen molar-refractivity contribution in [3.8, 4) is 0 Å². The molecule has 6 nitrogen and oxygen atoms in total. The van der Waals surface area contributed by atoms with Crippen molar-refractivity contribution in [2.24, 2.45) is 5.92 Å². The van der Waals surface area contributed by atoms with Crippen LogP contribution in [0.2, 0.25) is 0 Å². The molecule has 0 saturated heterocycles. The van der Waals surface area contributed by atoms with Crippen LogP contribution in [0.4, 0.5) is 0 Å². The third-order valence-electron chi connectivity index (χ3n) is 2.98. The smallest absolute Gasteiger partial charge is 0.138 e. The van der Waals surface area contributed by atoms with Crippen LogP contribution in [-0.2, 0) is 19.4 Å². The first-order valence-corrected chi connectivity index (χ1v) is 7.75. The van der Waals surface area contributed by atoms with Crippen molar-refractivity contribution < 1.29 is 5.11 Å². The number of rotatable bonds is 7. The lowest BCUT2D eigenvalue weighted by molar-refractivity contribution is 0.176. The van der Waals surface area contributed by atoms with Crippen molar-refractivity contribution in [1.29, 1.82) is 0 Å². The monoisotopic (exact) mass is 295 g/mol. The summed E-state index contributed by atoms with van der Waals surface area (Å²) >= 11 is 1.27. The molecule has 0 fully saturated rings. The van der Waals surface area contributed by atoms with Crippen molar-refractivity contribution in [1.82, 2.24) is 24.4 Å². The summed E-state index contributed by atoms with van der Waals surface area (Å²) in [6.45, 7) is 7.17.